The van der Waals surface area contributed by atoms with Crippen LogP contribution in [-0.2, 0) is 4.74 Å². The predicted octanol–water partition coefficient (Wildman–Crippen LogP) is 5.82. The number of rotatable bonds is 9. The molecule has 0 aliphatic rings. The largest absolute Gasteiger partial charge is 0.486 e. The maximum absolute atomic E-state index is 14.7. The van der Waals surface area contributed by atoms with Gasteiger partial charge in [-0.1, -0.05) is 66.2 Å². The third kappa shape index (κ3) is 5.17. The molecule has 1 unspecified atom stereocenters. The molecule has 1 atom stereocenters. The molecule has 0 spiro atoms. The fourth-order valence-electron chi connectivity index (χ4n) is 2.90. The van der Waals surface area contributed by atoms with Crippen molar-refractivity contribution in [1.29, 1.82) is 0 Å². The van der Waals surface area contributed by atoms with Crippen molar-refractivity contribution in [2.75, 3.05) is 20.5 Å². The number of halogens is 3. The van der Waals surface area contributed by atoms with Crippen molar-refractivity contribution in [2.45, 2.75) is 6.10 Å². The van der Waals surface area contributed by atoms with E-state index in [1.165, 1.54) is 19.3 Å². The number of aromatic nitrogens is 1. The zero-order valence-corrected chi connectivity index (χ0v) is 18.2. The lowest BCUT2D eigenvalue weighted by Crippen LogP contribution is -2.08. The molecule has 3 aromatic rings. The van der Waals surface area contributed by atoms with Gasteiger partial charge in [0.25, 0.3) is 0 Å². The van der Waals surface area contributed by atoms with Gasteiger partial charge in [-0.2, -0.15) is 0 Å². The summed E-state index contributed by atoms with van der Waals surface area (Å²) in [6.45, 7) is 3.62. The summed E-state index contributed by atoms with van der Waals surface area (Å²) in [5.74, 6) is -0.502. The van der Waals surface area contributed by atoms with E-state index in [4.69, 9.17) is 37.4 Å². The van der Waals surface area contributed by atoms with E-state index in [1.54, 1.807) is 12.1 Å². The minimum absolute atomic E-state index is 0.0103. The normalized spacial score (nSPS) is 11.8. The Bertz CT molecular complexity index is 1060. The number of ether oxygens (including phenoxy) is 3. The number of hydrogen-bond donors (Lipinski definition) is 1. The Kier molecular flexibility index (Phi) is 7.87. The van der Waals surface area contributed by atoms with Crippen LogP contribution in [0.4, 0.5) is 4.39 Å². The second-order valence-electron chi connectivity index (χ2n) is 6.40. The van der Waals surface area contributed by atoms with Gasteiger partial charge in [0, 0.05) is 24.3 Å². The highest BCUT2D eigenvalue weighted by molar-refractivity contribution is 6.36. The summed E-state index contributed by atoms with van der Waals surface area (Å²) >= 11 is 12.5. The van der Waals surface area contributed by atoms with Gasteiger partial charge >= 0.3 is 0 Å². The summed E-state index contributed by atoms with van der Waals surface area (Å²) in [5, 5.41) is 10.7. The van der Waals surface area contributed by atoms with Gasteiger partial charge in [-0.05, 0) is 12.1 Å². The van der Waals surface area contributed by atoms with Gasteiger partial charge in [0.05, 0.1) is 15.7 Å². The van der Waals surface area contributed by atoms with Crippen molar-refractivity contribution in [3.8, 4) is 22.8 Å². The smallest absolute Gasteiger partial charge is 0.188 e. The zero-order chi connectivity index (χ0) is 22.4. The Morgan fingerprint density at radius 1 is 1.13 bits per heavy atom. The molecule has 3 rings (SSSR count). The van der Waals surface area contributed by atoms with Crippen molar-refractivity contribution in [3.63, 3.8) is 0 Å². The maximum Gasteiger partial charge on any atom is 0.188 e. The molecule has 2 aromatic carbocycles. The second kappa shape index (κ2) is 10.6. The average Bonchev–Trinajstić information content (AvgIpc) is 2.79. The Balaban J connectivity index is 2.05. The molecule has 5 nitrogen and oxygen atoms in total. The minimum atomic E-state index is -1.39. The zero-order valence-electron chi connectivity index (χ0n) is 16.6. The predicted molar refractivity (Wildman–Crippen MR) is 118 cm³/mol. The fourth-order valence-corrected chi connectivity index (χ4v) is 3.54. The summed E-state index contributed by atoms with van der Waals surface area (Å²) < 4.78 is 30.5. The highest BCUT2D eigenvalue weighted by Crippen LogP contribution is 2.40. The average molecular weight is 464 g/mol. The van der Waals surface area contributed by atoms with Crippen LogP contribution in [0, 0.1) is 5.82 Å². The lowest BCUT2D eigenvalue weighted by Gasteiger charge is -2.18. The standard InChI is InChI=1S/C23H20Cl2FNO4/c1-3-11-30-18-12-15(24)19(20(25)21(18)26)23(28)16-9-10-17(31-13-29-2)22(27-16)14-7-5-4-6-8-14/h3-10,12,23,28H,1,11,13H2,2H3. The van der Waals surface area contributed by atoms with Crippen LogP contribution < -0.4 is 9.47 Å². The summed E-state index contributed by atoms with van der Waals surface area (Å²) in [4.78, 5) is 4.54. The maximum atomic E-state index is 14.7. The van der Waals surface area contributed by atoms with Crippen LogP contribution in [0.2, 0.25) is 10.0 Å². The number of benzene rings is 2. The lowest BCUT2D eigenvalue weighted by atomic mass is 10.0. The van der Waals surface area contributed by atoms with E-state index in [1.807, 2.05) is 30.3 Å². The van der Waals surface area contributed by atoms with Gasteiger partial charge in [0.15, 0.2) is 18.4 Å². The van der Waals surface area contributed by atoms with E-state index in [9.17, 15) is 9.50 Å². The number of pyridine rings is 1. The first-order valence-corrected chi connectivity index (χ1v) is 10.0. The third-order valence-corrected chi connectivity index (χ3v) is 5.01. The molecule has 0 saturated carbocycles. The highest BCUT2D eigenvalue weighted by atomic mass is 35.5. The Morgan fingerprint density at radius 3 is 2.55 bits per heavy atom. The van der Waals surface area contributed by atoms with Crippen LogP contribution in [-0.4, -0.2) is 30.6 Å². The molecule has 1 heterocycles. The van der Waals surface area contributed by atoms with E-state index >= 15 is 0 Å². The molecule has 1 aromatic heterocycles. The molecular formula is C23H20Cl2FNO4. The van der Waals surface area contributed by atoms with Gasteiger partial charge in [-0.3, -0.25) is 0 Å². The number of aliphatic hydroxyl groups excluding tert-OH is 1. The quantitative estimate of drug-likeness (QED) is 0.246. The first kappa shape index (κ1) is 23.0. The summed E-state index contributed by atoms with van der Waals surface area (Å²) in [7, 11) is 1.51. The number of aliphatic hydroxyl groups is 1. The second-order valence-corrected chi connectivity index (χ2v) is 7.19. The fraction of sp³-hybridized carbons (Fsp3) is 0.174. The number of hydrogen-bond acceptors (Lipinski definition) is 5. The number of nitrogens with zero attached hydrogens (tertiary/aromatic N) is 1. The van der Waals surface area contributed by atoms with E-state index in [-0.39, 0.29) is 40.5 Å². The van der Waals surface area contributed by atoms with Crippen molar-refractivity contribution >= 4 is 23.2 Å². The van der Waals surface area contributed by atoms with Crippen molar-refractivity contribution in [2.24, 2.45) is 0 Å². The SMILES string of the molecule is C=CCOc1cc(Cl)c(C(O)c2ccc(OCOC)c(-c3ccccc3)n2)c(Cl)c1F. The molecule has 0 saturated heterocycles. The van der Waals surface area contributed by atoms with Crippen LogP contribution in [0.5, 0.6) is 11.5 Å². The van der Waals surface area contributed by atoms with E-state index in [2.05, 4.69) is 11.6 Å². The first-order valence-electron chi connectivity index (χ1n) is 9.25. The Hall–Kier alpha value is -2.64. The third-order valence-electron chi connectivity index (χ3n) is 4.33. The van der Waals surface area contributed by atoms with Gasteiger partial charge in [0.2, 0.25) is 0 Å². The summed E-state index contributed by atoms with van der Waals surface area (Å²) in [6.07, 6.45) is 0.0774. The molecular weight excluding hydrogens is 444 g/mol. The lowest BCUT2D eigenvalue weighted by molar-refractivity contribution is 0.0512. The molecule has 31 heavy (non-hydrogen) atoms. The summed E-state index contributed by atoms with van der Waals surface area (Å²) in [6, 6.07) is 13.7. The monoisotopic (exact) mass is 463 g/mol. The molecule has 0 bridgehead atoms. The molecule has 0 amide bonds. The van der Waals surface area contributed by atoms with Crippen LogP contribution in [0.25, 0.3) is 11.3 Å². The Labute approximate surface area is 189 Å². The molecule has 0 aliphatic heterocycles. The van der Waals surface area contributed by atoms with Crippen LogP contribution >= 0.6 is 23.2 Å². The van der Waals surface area contributed by atoms with E-state index in [0.29, 0.717) is 11.4 Å². The van der Waals surface area contributed by atoms with Gasteiger partial charge < -0.3 is 19.3 Å². The van der Waals surface area contributed by atoms with Crippen LogP contribution in [0.1, 0.15) is 17.4 Å². The van der Waals surface area contributed by atoms with Crippen molar-refractivity contribution < 1.29 is 23.7 Å². The van der Waals surface area contributed by atoms with Gasteiger partial charge in [-0.25, -0.2) is 9.37 Å². The first-order chi connectivity index (χ1) is 15.0. The minimum Gasteiger partial charge on any atom is -0.486 e. The molecule has 8 heteroatoms. The van der Waals surface area contributed by atoms with Gasteiger partial charge in [-0.15, -0.1) is 0 Å². The summed E-state index contributed by atoms with van der Waals surface area (Å²) in [5.41, 5.74) is 1.45. The van der Waals surface area contributed by atoms with E-state index in [0.717, 1.165) is 5.56 Å². The number of methoxy groups -OCH3 is 1. The van der Waals surface area contributed by atoms with Crippen molar-refractivity contribution in [1.82, 2.24) is 4.98 Å². The van der Waals surface area contributed by atoms with E-state index < -0.39 is 11.9 Å². The van der Waals surface area contributed by atoms with Crippen LogP contribution in [0.3, 0.4) is 0 Å². The highest BCUT2D eigenvalue weighted by Gasteiger charge is 2.25. The molecule has 0 radical (unpaired) electrons. The van der Waals surface area contributed by atoms with Gasteiger partial charge in [0.1, 0.15) is 24.2 Å². The molecule has 1 N–H and O–H groups in total. The molecule has 0 aliphatic carbocycles. The molecule has 162 valence electrons. The Morgan fingerprint density at radius 2 is 1.87 bits per heavy atom. The van der Waals surface area contributed by atoms with Crippen LogP contribution in [0.15, 0.2) is 61.2 Å². The molecule has 0 fully saturated rings. The topological polar surface area (TPSA) is 60.8 Å². The van der Waals surface area contributed by atoms with Crippen molar-refractivity contribution in [3.05, 3.63) is 88.3 Å².